The summed E-state index contributed by atoms with van der Waals surface area (Å²) in [6.45, 7) is 7.48. The van der Waals surface area contributed by atoms with Crippen LogP contribution in [0.15, 0.2) is 6.33 Å². The highest BCUT2D eigenvalue weighted by atomic mass is 16.2. The van der Waals surface area contributed by atoms with Crippen LogP contribution >= 0.6 is 0 Å². The topological polar surface area (TPSA) is 72.1 Å². The van der Waals surface area contributed by atoms with E-state index in [9.17, 15) is 4.79 Å². The summed E-state index contributed by atoms with van der Waals surface area (Å²) in [6, 6.07) is 0. The monoisotopic (exact) mass is 248 g/mol. The fraction of sp³-hybridized carbons (Fsp3) is 0.615. The van der Waals surface area contributed by atoms with Gasteiger partial charge in [-0.25, -0.2) is 9.97 Å². The number of nitrogens with two attached hydrogens (primary N) is 1. The molecule has 1 aliphatic rings. The maximum Gasteiger partial charge on any atom is 0.223 e. The first kappa shape index (κ1) is 12.8. The number of fused-ring (bicyclic) bond motifs is 1. The van der Waals surface area contributed by atoms with Crippen LogP contribution in [-0.2, 0) is 17.8 Å². The van der Waals surface area contributed by atoms with Gasteiger partial charge in [0, 0.05) is 18.5 Å². The molecule has 5 heteroatoms. The van der Waals surface area contributed by atoms with Crippen LogP contribution in [0.3, 0.4) is 0 Å². The van der Waals surface area contributed by atoms with Crippen molar-refractivity contribution in [2.45, 2.75) is 40.2 Å². The van der Waals surface area contributed by atoms with Crippen molar-refractivity contribution in [3.63, 3.8) is 0 Å². The van der Waals surface area contributed by atoms with Crippen molar-refractivity contribution in [2.75, 3.05) is 12.3 Å². The van der Waals surface area contributed by atoms with Crippen molar-refractivity contribution in [1.82, 2.24) is 14.9 Å². The van der Waals surface area contributed by atoms with E-state index in [4.69, 9.17) is 5.73 Å². The molecule has 0 bridgehead atoms. The first-order valence-electron chi connectivity index (χ1n) is 6.23. The van der Waals surface area contributed by atoms with Crippen molar-refractivity contribution >= 4 is 11.7 Å². The average molecular weight is 248 g/mol. The molecule has 0 unspecified atom stereocenters. The van der Waals surface area contributed by atoms with E-state index in [0.717, 1.165) is 17.7 Å². The first-order valence-corrected chi connectivity index (χ1v) is 6.23. The van der Waals surface area contributed by atoms with E-state index in [2.05, 4.69) is 30.7 Å². The Bertz CT molecular complexity index is 465. The van der Waals surface area contributed by atoms with Gasteiger partial charge in [0.2, 0.25) is 5.91 Å². The predicted molar refractivity (Wildman–Crippen MR) is 69.6 cm³/mol. The summed E-state index contributed by atoms with van der Waals surface area (Å²) < 4.78 is 0. The van der Waals surface area contributed by atoms with Gasteiger partial charge in [0.1, 0.15) is 12.1 Å². The lowest BCUT2D eigenvalue weighted by molar-refractivity contribution is -0.134. The molecule has 0 saturated carbocycles. The van der Waals surface area contributed by atoms with Crippen LogP contribution in [0.4, 0.5) is 5.82 Å². The zero-order chi connectivity index (χ0) is 13.3. The first-order chi connectivity index (χ1) is 8.37. The quantitative estimate of drug-likeness (QED) is 0.815. The highest BCUT2D eigenvalue weighted by molar-refractivity contribution is 5.77. The van der Waals surface area contributed by atoms with E-state index in [1.54, 1.807) is 0 Å². The number of nitrogen functional groups attached to an aromatic ring is 1. The van der Waals surface area contributed by atoms with Crippen LogP contribution in [0.5, 0.6) is 0 Å². The van der Waals surface area contributed by atoms with E-state index in [-0.39, 0.29) is 11.3 Å². The summed E-state index contributed by atoms with van der Waals surface area (Å²) in [5.41, 5.74) is 7.71. The van der Waals surface area contributed by atoms with Crippen LogP contribution in [0.25, 0.3) is 0 Å². The minimum atomic E-state index is 0.0159. The Morgan fingerprint density at radius 2 is 2.17 bits per heavy atom. The summed E-state index contributed by atoms with van der Waals surface area (Å²) in [7, 11) is 0. The Hall–Kier alpha value is -1.65. The van der Waals surface area contributed by atoms with Gasteiger partial charge in [-0.05, 0) is 11.8 Å². The third kappa shape index (κ3) is 2.78. The minimum absolute atomic E-state index is 0.0159. The molecular weight excluding hydrogens is 228 g/mol. The molecule has 0 fully saturated rings. The molecule has 0 spiro atoms. The number of aromatic nitrogens is 2. The molecule has 18 heavy (non-hydrogen) atoms. The maximum absolute atomic E-state index is 12.2. The van der Waals surface area contributed by atoms with Gasteiger partial charge >= 0.3 is 0 Å². The van der Waals surface area contributed by atoms with Gasteiger partial charge in [0.25, 0.3) is 0 Å². The lowest BCUT2D eigenvalue weighted by atomic mass is 9.91. The van der Waals surface area contributed by atoms with Crippen molar-refractivity contribution in [2.24, 2.45) is 5.41 Å². The minimum Gasteiger partial charge on any atom is -0.383 e. The highest BCUT2D eigenvalue weighted by Gasteiger charge is 2.26. The number of rotatable bonds is 1. The number of hydrogen-bond acceptors (Lipinski definition) is 4. The average Bonchev–Trinajstić information content (AvgIpc) is 2.26. The molecule has 1 amide bonds. The number of carbonyl (C=O) groups is 1. The summed E-state index contributed by atoms with van der Waals surface area (Å²) in [6.07, 6.45) is 2.77. The number of nitrogens with zero attached hydrogens (tertiary/aromatic N) is 3. The zero-order valence-corrected chi connectivity index (χ0v) is 11.2. The third-order valence-corrected chi connectivity index (χ3v) is 3.07. The normalized spacial score (nSPS) is 15.4. The lowest BCUT2D eigenvalue weighted by Gasteiger charge is -2.30. The summed E-state index contributed by atoms with van der Waals surface area (Å²) in [5.74, 6) is 0.730. The zero-order valence-electron chi connectivity index (χ0n) is 11.2. The number of carbonyl (C=O) groups excluding carboxylic acids is 1. The smallest absolute Gasteiger partial charge is 0.223 e. The Kier molecular flexibility index (Phi) is 3.24. The molecule has 2 heterocycles. The second kappa shape index (κ2) is 4.55. The maximum atomic E-state index is 12.2. The summed E-state index contributed by atoms with van der Waals surface area (Å²) in [4.78, 5) is 22.2. The van der Waals surface area contributed by atoms with Crippen LogP contribution in [0.1, 0.15) is 38.4 Å². The van der Waals surface area contributed by atoms with Crippen LogP contribution in [0, 0.1) is 5.41 Å². The molecule has 1 aliphatic heterocycles. The molecule has 2 N–H and O–H groups in total. The molecule has 5 nitrogen and oxygen atoms in total. The van der Waals surface area contributed by atoms with Gasteiger partial charge in [-0.1, -0.05) is 20.8 Å². The molecule has 1 aromatic heterocycles. The second-order valence-corrected chi connectivity index (χ2v) is 5.99. The van der Waals surface area contributed by atoms with E-state index in [1.165, 1.54) is 6.33 Å². The molecule has 0 aliphatic carbocycles. The summed E-state index contributed by atoms with van der Waals surface area (Å²) in [5, 5.41) is 0. The number of amides is 1. The molecular formula is C13H20N4O. The number of hydrogen-bond donors (Lipinski definition) is 1. The Morgan fingerprint density at radius 3 is 2.83 bits per heavy atom. The molecule has 2 rings (SSSR count). The van der Waals surface area contributed by atoms with Gasteiger partial charge in [-0.15, -0.1) is 0 Å². The Balaban J connectivity index is 2.11. The van der Waals surface area contributed by atoms with E-state index in [1.807, 2.05) is 4.90 Å². The second-order valence-electron chi connectivity index (χ2n) is 5.99. The largest absolute Gasteiger partial charge is 0.383 e. The van der Waals surface area contributed by atoms with Crippen LogP contribution in [0.2, 0.25) is 0 Å². The molecule has 0 aromatic carbocycles. The van der Waals surface area contributed by atoms with Crippen LogP contribution < -0.4 is 5.73 Å². The standard InChI is InChI=1S/C13H20N4O/c1-13(2,3)6-11(18)17-5-4-9-10(7-17)15-8-16-12(9)14/h8H,4-7H2,1-3H3,(H2,14,15,16). The Morgan fingerprint density at radius 1 is 1.44 bits per heavy atom. The molecule has 1 aromatic rings. The van der Waals surface area contributed by atoms with Gasteiger partial charge in [-0.2, -0.15) is 0 Å². The predicted octanol–water partition coefficient (Wildman–Crippen LogP) is 1.38. The molecule has 0 radical (unpaired) electrons. The third-order valence-electron chi connectivity index (χ3n) is 3.07. The van der Waals surface area contributed by atoms with Crippen molar-refractivity contribution in [3.05, 3.63) is 17.6 Å². The van der Waals surface area contributed by atoms with Crippen molar-refractivity contribution in [1.29, 1.82) is 0 Å². The molecule has 0 saturated heterocycles. The highest BCUT2D eigenvalue weighted by Crippen LogP contribution is 2.24. The van der Waals surface area contributed by atoms with Gasteiger partial charge in [-0.3, -0.25) is 4.79 Å². The molecule has 0 atom stereocenters. The Labute approximate surface area is 107 Å². The fourth-order valence-electron chi connectivity index (χ4n) is 2.16. The van der Waals surface area contributed by atoms with Crippen molar-refractivity contribution in [3.8, 4) is 0 Å². The van der Waals surface area contributed by atoms with Crippen LogP contribution in [-0.4, -0.2) is 27.3 Å². The van der Waals surface area contributed by atoms with Crippen molar-refractivity contribution < 1.29 is 4.79 Å². The summed E-state index contributed by atoms with van der Waals surface area (Å²) >= 11 is 0. The number of anilines is 1. The van der Waals surface area contributed by atoms with E-state index < -0.39 is 0 Å². The van der Waals surface area contributed by atoms with E-state index in [0.29, 0.717) is 25.3 Å². The lowest BCUT2D eigenvalue weighted by Crippen LogP contribution is -2.38. The van der Waals surface area contributed by atoms with Gasteiger partial charge in [0.15, 0.2) is 0 Å². The fourth-order valence-corrected chi connectivity index (χ4v) is 2.16. The van der Waals surface area contributed by atoms with Gasteiger partial charge in [0.05, 0.1) is 12.2 Å². The van der Waals surface area contributed by atoms with E-state index >= 15 is 0 Å². The van der Waals surface area contributed by atoms with Gasteiger partial charge < -0.3 is 10.6 Å². The SMILES string of the molecule is CC(C)(C)CC(=O)N1CCc2c(N)ncnc2C1. The molecule has 98 valence electrons.